The molecule has 0 atom stereocenters. The van der Waals surface area contributed by atoms with Crippen LogP contribution in [0.2, 0.25) is 0 Å². The highest BCUT2D eigenvalue weighted by Gasteiger charge is 2.11. The Morgan fingerprint density at radius 1 is 1.28 bits per heavy atom. The second kappa shape index (κ2) is 5.36. The average Bonchev–Trinajstić information content (AvgIpc) is 2.67. The Balaban J connectivity index is 2.42. The molecule has 0 spiro atoms. The number of rotatable bonds is 4. The van der Waals surface area contributed by atoms with Crippen LogP contribution in [-0.2, 0) is 13.5 Å². The predicted molar refractivity (Wildman–Crippen MR) is 75.7 cm³/mol. The maximum atomic E-state index is 4.61. The zero-order valence-electron chi connectivity index (χ0n) is 11.6. The zero-order chi connectivity index (χ0) is 13.1. The van der Waals surface area contributed by atoms with Gasteiger partial charge in [-0.15, -0.1) is 0 Å². The van der Waals surface area contributed by atoms with Crippen LogP contribution in [-0.4, -0.2) is 23.4 Å². The van der Waals surface area contributed by atoms with Crippen LogP contribution < -0.4 is 5.32 Å². The maximum absolute atomic E-state index is 4.61. The highest BCUT2D eigenvalue weighted by atomic mass is 15.3. The number of nitrogens with one attached hydrogen (secondary N) is 1. The molecule has 3 heteroatoms. The summed E-state index contributed by atoms with van der Waals surface area (Å²) in [7, 11) is 3.96. The van der Waals surface area contributed by atoms with E-state index in [1.807, 2.05) is 18.8 Å². The van der Waals surface area contributed by atoms with Gasteiger partial charge in [0.25, 0.3) is 0 Å². The van der Waals surface area contributed by atoms with E-state index in [0.29, 0.717) is 0 Å². The Bertz CT molecular complexity index is 541. The minimum Gasteiger partial charge on any atom is -0.319 e. The number of aryl methyl sites for hydroxylation is 3. The number of hydrogen-bond acceptors (Lipinski definition) is 2. The van der Waals surface area contributed by atoms with Gasteiger partial charge in [0, 0.05) is 18.8 Å². The SMILES string of the molecule is CNCCc1cn(C)nc1-c1ccc(C)cc1C. The lowest BCUT2D eigenvalue weighted by atomic mass is 9.99. The highest BCUT2D eigenvalue weighted by molar-refractivity contribution is 5.67. The quantitative estimate of drug-likeness (QED) is 0.894. The Kier molecular flexibility index (Phi) is 3.82. The molecule has 0 radical (unpaired) electrons. The highest BCUT2D eigenvalue weighted by Crippen LogP contribution is 2.26. The van der Waals surface area contributed by atoms with Crippen LogP contribution in [0.5, 0.6) is 0 Å². The van der Waals surface area contributed by atoms with E-state index in [-0.39, 0.29) is 0 Å². The molecule has 96 valence electrons. The van der Waals surface area contributed by atoms with E-state index < -0.39 is 0 Å². The van der Waals surface area contributed by atoms with Gasteiger partial charge in [-0.2, -0.15) is 5.10 Å². The van der Waals surface area contributed by atoms with Crippen molar-refractivity contribution in [3.63, 3.8) is 0 Å². The molecular formula is C15H21N3. The number of nitrogens with zero attached hydrogens (tertiary/aromatic N) is 2. The molecule has 18 heavy (non-hydrogen) atoms. The lowest BCUT2D eigenvalue weighted by Gasteiger charge is -2.07. The molecular weight excluding hydrogens is 222 g/mol. The molecule has 0 amide bonds. The van der Waals surface area contributed by atoms with Crippen LogP contribution in [0, 0.1) is 13.8 Å². The number of likely N-dealkylation sites (N-methyl/N-ethyl adjacent to an activating group) is 1. The molecule has 2 aromatic rings. The molecule has 1 N–H and O–H groups in total. The van der Waals surface area contributed by atoms with Crippen molar-refractivity contribution in [1.82, 2.24) is 15.1 Å². The van der Waals surface area contributed by atoms with Gasteiger partial charge in [-0.05, 0) is 45.0 Å². The normalized spacial score (nSPS) is 10.9. The summed E-state index contributed by atoms with van der Waals surface area (Å²) in [5, 5.41) is 7.80. The van der Waals surface area contributed by atoms with Gasteiger partial charge in [0.1, 0.15) is 0 Å². The Hall–Kier alpha value is -1.61. The molecule has 1 heterocycles. The number of hydrogen-bond donors (Lipinski definition) is 1. The summed E-state index contributed by atoms with van der Waals surface area (Å²) in [5.74, 6) is 0. The third kappa shape index (κ3) is 2.62. The summed E-state index contributed by atoms with van der Waals surface area (Å²) < 4.78 is 1.90. The topological polar surface area (TPSA) is 29.9 Å². The zero-order valence-corrected chi connectivity index (χ0v) is 11.6. The van der Waals surface area contributed by atoms with Crippen molar-refractivity contribution < 1.29 is 0 Å². The van der Waals surface area contributed by atoms with Gasteiger partial charge in [0.05, 0.1) is 5.69 Å². The van der Waals surface area contributed by atoms with Gasteiger partial charge >= 0.3 is 0 Å². The van der Waals surface area contributed by atoms with Crippen molar-refractivity contribution in [1.29, 1.82) is 0 Å². The van der Waals surface area contributed by atoms with Crippen molar-refractivity contribution in [3.05, 3.63) is 41.1 Å². The Labute approximate surface area is 109 Å². The molecule has 0 unspecified atom stereocenters. The lowest BCUT2D eigenvalue weighted by Crippen LogP contribution is -2.10. The van der Waals surface area contributed by atoms with Crippen molar-refractivity contribution >= 4 is 0 Å². The standard InChI is InChI=1S/C15H21N3/c1-11-5-6-14(12(2)9-11)15-13(7-8-16-3)10-18(4)17-15/h5-6,9-10,16H,7-8H2,1-4H3. The van der Waals surface area contributed by atoms with Gasteiger partial charge in [0.2, 0.25) is 0 Å². The summed E-state index contributed by atoms with van der Waals surface area (Å²) >= 11 is 0. The second-order valence-electron chi connectivity index (χ2n) is 4.85. The van der Waals surface area contributed by atoms with Crippen LogP contribution in [0.1, 0.15) is 16.7 Å². The summed E-state index contributed by atoms with van der Waals surface area (Å²) in [6, 6.07) is 6.54. The second-order valence-corrected chi connectivity index (χ2v) is 4.85. The molecule has 0 aliphatic carbocycles. The molecule has 0 saturated carbocycles. The first-order valence-electron chi connectivity index (χ1n) is 6.36. The lowest BCUT2D eigenvalue weighted by molar-refractivity contribution is 0.764. The maximum Gasteiger partial charge on any atom is 0.0958 e. The van der Waals surface area contributed by atoms with E-state index in [4.69, 9.17) is 0 Å². The molecule has 3 nitrogen and oxygen atoms in total. The molecule has 0 saturated heterocycles. The largest absolute Gasteiger partial charge is 0.319 e. The van der Waals surface area contributed by atoms with Crippen LogP contribution in [0.4, 0.5) is 0 Å². The minimum absolute atomic E-state index is 0.976. The van der Waals surface area contributed by atoms with Crippen molar-refractivity contribution in [2.75, 3.05) is 13.6 Å². The van der Waals surface area contributed by atoms with E-state index in [0.717, 1.165) is 18.7 Å². The van der Waals surface area contributed by atoms with Crippen LogP contribution in [0.3, 0.4) is 0 Å². The van der Waals surface area contributed by atoms with Gasteiger partial charge in [0.15, 0.2) is 0 Å². The first kappa shape index (κ1) is 12.8. The number of aromatic nitrogens is 2. The fraction of sp³-hybridized carbons (Fsp3) is 0.400. The fourth-order valence-electron chi connectivity index (χ4n) is 2.29. The van der Waals surface area contributed by atoms with Gasteiger partial charge in [-0.1, -0.05) is 23.8 Å². The molecule has 1 aromatic heterocycles. The van der Waals surface area contributed by atoms with E-state index in [1.54, 1.807) is 0 Å². The molecule has 0 bridgehead atoms. The van der Waals surface area contributed by atoms with Gasteiger partial charge < -0.3 is 5.32 Å². The third-order valence-electron chi connectivity index (χ3n) is 3.19. The van der Waals surface area contributed by atoms with Gasteiger partial charge in [-0.25, -0.2) is 0 Å². The van der Waals surface area contributed by atoms with E-state index in [2.05, 4.69) is 48.7 Å². The smallest absolute Gasteiger partial charge is 0.0958 e. The fourth-order valence-corrected chi connectivity index (χ4v) is 2.29. The first-order chi connectivity index (χ1) is 8.61. The molecule has 0 aliphatic rings. The van der Waals surface area contributed by atoms with Gasteiger partial charge in [-0.3, -0.25) is 4.68 Å². The predicted octanol–water partition coefficient (Wildman–Crippen LogP) is 2.47. The summed E-state index contributed by atoms with van der Waals surface area (Å²) in [5.41, 5.74) is 6.25. The van der Waals surface area contributed by atoms with Crippen LogP contribution in [0.25, 0.3) is 11.3 Å². The third-order valence-corrected chi connectivity index (χ3v) is 3.19. The number of benzene rings is 1. The van der Waals surface area contributed by atoms with Crippen molar-refractivity contribution in [2.24, 2.45) is 7.05 Å². The molecule has 1 aromatic carbocycles. The molecule has 2 rings (SSSR count). The Morgan fingerprint density at radius 2 is 2.06 bits per heavy atom. The minimum atomic E-state index is 0.976. The van der Waals surface area contributed by atoms with Crippen LogP contribution in [0.15, 0.2) is 24.4 Å². The summed E-state index contributed by atoms with van der Waals surface area (Å²) in [4.78, 5) is 0. The van der Waals surface area contributed by atoms with Crippen LogP contribution >= 0.6 is 0 Å². The first-order valence-corrected chi connectivity index (χ1v) is 6.36. The summed E-state index contributed by atoms with van der Waals surface area (Å²) in [6.45, 7) is 5.25. The monoisotopic (exact) mass is 243 g/mol. The van der Waals surface area contributed by atoms with Crippen molar-refractivity contribution in [2.45, 2.75) is 20.3 Å². The summed E-state index contributed by atoms with van der Waals surface area (Å²) in [6.07, 6.45) is 3.12. The van der Waals surface area contributed by atoms with E-state index in [9.17, 15) is 0 Å². The Morgan fingerprint density at radius 3 is 2.72 bits per heavy atom. The van der Waals surface area contributed by atoms with E-state index in [1.165, 1.54) is 22.3 Å². The average molecular weight is 243 g/mol. The van der Waals surface area contributed by atoms with Crippen molar-refractivity contribution in [3.8, 4) is 11.3 Å². The molecule has 0 fully saturated rings. The van der Waals surface area contributed by atoms with E-state index >= 15 is 0 Å². The molecule has 0 aliphatic heterocycles.